The maximum Gasteiger partial charge on any atom is 0.205 e. The van der Waals surface area contributed by atoms with Gasteiger partial charge in [0.15, 0.2) is 12.3 Å². The van der Waals surface area contributed by atoms with Crippen LogP contribution in [0.15, 0.2) is 101 Å². The number of aliphatic hydroxyl groups is 3. The largest absolute Gasteiger partial charge is 0.390 e. The Kier molecular flexibility index (Phi) is 6.73. The maximum atomic E-state index is 11.5. The summed E-state index contributed by atoms with van der Waals surface area (Å²) in [7, 11) is 0. The Bertz CT molecular complexity index is 1460. The predicted molar refractivity (Wildman–Crippen MR) is 160 cm³/mol. The summed E-state index contributed by atoms with van der Waals surface area (Å²) in [5.41, 5.74) is 8.32. The zero-order chi connectivity index (χ0) is 28.2. The number of hydrogen-bond acceptors (Lipinski definition) is 4. The van der Waals surface area contributed by atoms with Crippen molar-refractivity contribution in [2.24, 2.45) is 11.3 Å². The summed E-state index contributed by atoms with van der Waals surface area (Å²) in [5.74, 6) is -0.398. The van der Waals surface area contributed by atoms with Gasteiger partial charge in [-0.2, -0.15) is 4.58 Å². The molecule has 40 heavy (non-hydrogen) atoms. The highest BCUT2D eigenvalue weighted by atomic mass is 16.3. The fraction of sp³-hybridized carbons (Fsp3) is 0.400. The molecule has 3 N–H and O–H groups in total. The van der Waals surface area contributed by atoms with Gasteiger partial charge in [0.2, 0.25) is 5.70 Å². The van der Waals surface area contributed by atoms with Crippen LogP contribution in [0.25, 0.3) is 0 Å². The number of aliphatic hydroxyl groups excluding tert-OH is 3. The first-order chi connectivity index (χ1) is 19.2. The topological polar surface area (TPSA) is 66.9 Å². The van der Waals surface area contributed by atoms with Crippen LogP contribution in [0.5, 0.6) is 0 Å². The van der Waals surface area contributed by atoms with E-state index < -0.39 is 18.1 Å². The summed E-state index contributed by atoms with van der Waals surface area (Å²) in [5, 5.41) is 32.8. The minimum Gasteiger partial charge on any atom is -0.390 e. The van der Waals surface area contributed by atoms with Crippen LogP contribution in [0.3, 0.4) is 0 Å². The van der Waals surface area contributed by atoms with Crippen LogP contribution in [-0.2, 0) is 12.0 Å². The molecule has 1 fully saturated rings. The second-order valence-corrected chi connectivity index (χ2v) is 12.5. The molecule has 2 atom stereocenters. The molecule has 0 amide bonds. The number of β-amino-alcohol motifs (C(OH)–C–C–N with tert-alkyl or cyclic N) is 1. The molecular weight excluding hydrogens is 496 g/mol. The molecular formula is C35H41N2O3+. The number of hydrogen-bond donors (Lipinski definition) is 3. The third kappa shape index (κ3) is 4.14. The normalized spacial score (nSPS) is 27.3. The molecule has 208 valence electrons. The summed E-state index contributed by atoms with van der Waals surface area (Å²) >= 11 is 0. The van der Waals surface area contributed by atoms with Crippen molar-refractivity contribution >= 4 is 11.4 Å². The van der Waals surface area contributed by atoms with E-state index in [4.69, 9.17) is 0 Å². The van der Waals surface area contributed by atoms with Gasteiger partial charge in [0, 0.05) is 40.9 Å². The van der Waals surface area contributed by atoms with Crippen molar-refractivity contribution in [3.63, 3.8) is 0 Å². The van der Waals surface area contributed by atoms with E-state index in [9.17, 15) is 15.3 Å². The Hall–Kier alpha value is -3.25. The Balaban J connectivity index is 1.36. The zero-order valence-electron chi connectivity index (χ0n) is 24.0. The average Bonchev–Trinajstić information content (AvgIpc) is 3.30. The number of allylic oxidation sites excluding steroid dienone is 5. The van der Waals surface area contributed by atoms with E-state index in [1.807, 2.05) is 12.1 Å². The molecule has 0 bridgehead atoms. The molecule has 0 aromatic heterocycles. The molecule has 1 saturated carbocycles. The van der Waals surface area contributed by atoms with Crippen molar-refractivity contribution in [3.8, 4) is 0 Å². The maximum absolute atomic E-state index is 11.5. The summed E-state index contributed by atoms with van der Waals surface area (Å²) in [6, 6.07) is 18.9. The fourth-order valence-electron chi connectivity index (χ4n) is 7.14. The molecule has 2 heterocycles. The Morgan fingerprint density at radius 3 is 2.30 bits per heavy atom. The molecule has 2 aromatic rings. The van der Waals surface area contributed by atoms with Crippen molar-refractivity contribution in [1.29, 1.82) is 0 Å². The van der Waals surface area contributed by atoms with Gasteiger partial charge in [-0.05, 0) is 55.5 Å². The molecule has 6 rings (SSSR count). The molecule has 2 aromatic carbocycles. The SMILES string of the molecule is CC1(C)C2=CCCC=C2[N+](CCO)=C1C=C1C(O)C(/C=C2\N(Cc3ccccc3)c3ccccc3C2(C)C)C1O. The standard InChI is InChI=1S/C35H41N2O3/c1-34(2)26-14-8-10-16-28(26)36(18-19-38)30(34)20-24-32(39)25(33(24)40)21-31-35(3,4)27-15-9-11-17-29(27)37(31)22-23-12-6-5-7-13-23/h5-7,9,11-17,20-21,25,32-33,38-40H,8,10,18-19,22H2,1-4H3/q+1/b24-20?,31-21-. The second-order valence-electron chi connectivity index (χ2n) is 12.5. The van der Waals surface area contributed by atoms with Gasteiger partial charge in [0.1, 0.15) is 6.61 Å². The highest BCUT2D eigenvalue weighted by Crippen LogP contribution is 2.51. The number of benzene rings is 2. The van der Waals surface area contributed by atoms with E-state index in [-0.39, 0.29) is 17.4 Å². The van der Waals surface area contributed by atoms with Crippen LogP contribution in [0.4, 0.5) is 5.69 Å². The molecule has 2 aliphatic carbocycles. The van der Waals surface area contributed by atoms with Gasteiger partial charge in [-0.15, -0.1) is 0 Å². The average molecular weight is 538 g/mol. The Morgan fingerprint density at radius 2 is 1.57 bits per heavy atom. The van der Waals surface area contributed by atoms with Gasteiger partial charge in [-0.3, -0.25) is 0 Å². The number of rotatable bonds is 6. The van der Waals surface area contributed by atoms with Crippen molar-refractivity contribution in [1.82, 2.24) is 0 Å². The van der Waals surface area contributed by atoms with Crippen molar-refractivity contribution in [3.05, 3.63) is 113 Å². The highest BCUT2D eigenvalue weighted by molar-refractivity contribution is 6.01. The second kappa shape index (κ2) is 9.99. The fourth-order valence-corrected chi connectivity index (χ4v) is 7.14. The Labute approximate surface area is 237 Å². The van der Waals surface area contributed by atoms with Crippen molar-refractivity contribution < 1.29 is 19.9 Å². The van der Waals surface area contributed by atoms with E-state index in [1.54, 1.807) is 0 Å². The van der Waals surface area contributed by atoms with E-state index in [2.05, 4.69) is 104 Å². The number of nitrogens with zero attached hydrogens (tertiary/aromatic N) is 2. The van der Waals surface area contributed by atoms with Gasteiger partial charge >= 0.3 is 0 Å². The molecule has 0 saturated heterocycles. The van der Waals surface area contributed by atoms with Gasteiger partial charge in [0.25, 0.3) is 0 Å². The van der Waals surface area contributed by atoms with Crippen LogP contribution < -0.4 is 4.90 Å². The number of anilines is 1. The van der Waals surface area contributed by atoms with Crippen molar-refractivity contribution in [2.75, 3.05) is 18.1 Å². The smallest absolute Gasteiger partial charge is 0.205 e. The highest BCUT2D eigenvalue weighted by Gasteiger charge is 2.51. The van der Waals surface area contributed by atoms with Crippen LogP contribution in [0.2, 0.25) is 0 Å². The van der Waals surface area contributed by atoms with Crippen LogP contribution >= 0.6 is 0 Å². The zero-order valence-corrected chi connectivity index (χ0v) is 24.0. The predicted octanol–water partition coefficient (Wildman–Crippen LogP) is 5.24. The molecule has 4 aliphatic rings. The van der Waals surface area contributed by atoms with E-state index in [0.29, 0.717) is 12.1 Å². The van der Waals surface area contributed by atoms with Crippen LogP contribution in [-0.4, -0.2) is 51.0 Å². The molecule has 0 radical (unpaired) electrons. The summed E-state index contributed by atoms with van der Waals surface area (Å²) < 4.78 is 2.17. The summed E-state index contributed by atoms with van der Waals surface area (Å²) in [6.45, 7) is 10.1. The first kappa shape index (κ1) is 26.9. The van der Waals surface area contributed by atoms with Crippen LogP contribution in [0.1, 0.15) is 51.7 Å². The quantitative estimate of drug-likeness (QED) is 0.441. The van der Waals surface area contributed by atoms with Crippen LogP contribution in [0, 0.1) is 11.3 Å². The van der Waals surface area contributed by atoms with E-state index >= 15 is 0 Å². The third-order valence-corrected chi connectivity index (χ3v) is 9.40. The molecule has 2 unspecified atom stereocenters. The first-order valence-electron chi connectivity index (χ1n) is 14.5. The lowest BCUT2D eigenvalue weighted by Crippen LogP contribution is -2.49. The molecule has 5 heteroatoms. The lowest BCUT2D eigenvalue weighted by Gasteiger charge is -2.41. The monoisotopic (exact) mass is 537 g/mol. The van der Waals surface area contributed by atoms with Gasteiger partial charge < -0.3 is 20.2 Å². The third-order valence-electron chi connectivity index (χ3n) is 9.40. The first-order valence-corrected chi connectivity index (χ1v) is 14.5. The van der Waals surface area contributed by atoms with Crippen molar-refractivity contribution in [2.45, 2.75) is 64.7 Å². The molecule has 5 nitrogen and oxygen atoms in total. The Morgan fingerprint density at radius 1 is 0.900 bits per heavy atom. The van der Waals surface area contributed by atoms with Gasteiger partial charge in [0.05, 0.1) is 17.6 Å². The molecule has 0 spiro atoms. The minimum atomic E-state index is -0.773. The van der Waals surface area contributed by atoms with Gasteiger partial charge in [-0.25, -0.2) is 0 Å². The molecule has 2 aliphatic heterocycles. The lowest BCUT2D eigenvalue weighted by atomic mass is 9.69. The van der Waals surface area contributed by atoms with Gasteiger partial charge in [-0.1, -0.05) is 74.5 Å². The summed E-state index contributed by atoms with van der Waals surface area (Å²) in [4.78, 5) is 2.34. The van der Waals surface area contributed by atoms with E-state index in [0.717, 1.165) is 36.5 Å². The lowest BCUT2D eigenvalue weighted by molar-refractivity contribution is -0.471. The number of para-hydroxylation sites is 1. The van der Waals surface area contributed by atoms with E-state index in [1.165, 1.54) is 22.4 Å². The number of fused-ring (bicyclic) bond motifs is 2. The summed E-state index contributed by atoms with van der Waals surface area (Å²) in [6.07, 6.45) is 9.10. The minimum absolute atomic E-state index is 0.0418.